The minimum absolute atomic E-state index is 0.152. The Labute approximate surface area is 149 Å². The summed E-state index contributed by atoms with van der Waals surface area (Å²) >= 11 is 0. The maximum atomic E-state index is 12.6. The Morgan fingerprint density at radius 1 is 1.04 bits per heavy atom. The Morgan fingerprint density at radius 2 is 1.68 bits per heavy atom. The average Bonchev–Trinajstić information content (AvgIpc) is 2.60. The minimum Gasteiger partial charge on any atom is -0.355 e. The number of rotatable bonds is 8. The standard InChI is InChI=1S/C19H24N2O3S/c1-3-13-20-19(22)18(14-16-7-5-4-6-8-16)21-25(23,24)17-11-9-15(2)10-12-17/h4-12,18,21H,3,13-14H2,1-2H3,(H,20,22)/t18-/m1/s1. The second-order valence-electron chi connectivity index (χ2n) is 5.97. The van der Waals surface area contributed by atoms with Crippen molar-refractivity contribution in [3.05, 3.63) is 65.7 Å². The van der Waals surface area contributed by atoms with Crippen molar-refractivity contribution in [1.29, 1.82) is 0 Å². The van der Waals surface area contributed by atoms with E-state index in [0.717, 1.165) is 17.5 Å². The molecule has 2 N–H and O–H groups in total. The molecule has 6 heteroatoms. The van der Waals surface area contributed by atoms with Crippen molar-refractivity contribution < 1.29 is 13.2 Å². The minimum atomic E-state index is -3.78. The predicted octanol–water partition coefficient (Wildman–Crippen LogP) is 2.41. The second-order valence-corrected chi connectivity index (χ2v) is 7.68. The first-order valence-corrected chi connectivity index (χ1v) is 9.81. The van der Waals surface area contributed by atoms with Crippen LogP contribution < -0.4 is 10.0 Å². The first-order chi connectivity index (χ1) is 11.9. The molecule has 2 aromatic rings. The Hall–Kier alpha value is -2.18. The lowest BCUT2D eigenvalue weighted by Crippen LogP contribution is -2.48. The van der Waals surface area contributed by atoms with Crippen molar-refractivity contribution >= 4 is 15.9 Å². The summed E-state index contributed by atoms with van der Waals surface area (Å²) in [5.41, 5.74) is 1.87. The summed E-state index contributed by atoms with van der Waals surface area (Å²) < 4.78 is 27.8. The number of carbonyl (C=O) groups excluding carboxylic acids is 1. The van der Waals surface area contributed by atoms with Gasteiger partial charge in [0.25, 0.3) is 0 Å². The Balaban J connectivity index is 2.22. The zero-order valence-electron chi connectivity index (χ0n) is 14.5. The molecule has 0 aromatic heterocycles. The second kappa shape index (κ2) is 8.78. The molecule has 0 fully saturated rings. The van der Waals surface area contributed by atoms with Gasteiger partial charge in [-0.3, -0.25) is 4.79 Å². The van der Waals surface area contributed by atoms with Crippen LogP contribution in [0.25, 0.3) is 0 Å². The van der Waals surface area contributed by atoms with Gasteiger partial charge in [-0.2, -0.15) is 4.72 Å². The van der Waals surface area contributed by atoms with Crippen LogP contribution in [0.3, 0.4) is 0 Å². The van der Waals surface area contributed by atoms with Gasteiger partial charge in [0.2, 0.25) is 15.9 Å². The lowest BCUT2D eigenvalue weighted by atomic mass is 10.1. The Bertz CT molecular complexity index is 787. The average molecular weight is 360 g/mol. The van der Waals surface area contributed by atoms with Gasteiger partial charge in [0, 0.05) is 6.54 Å². The number of benzene rings is 2. The quantitative estimate of drug-likeness (QED) is 0.759. The first kappa shape index (κ1) is 19.1. The molecular weight excluding hydrogens is 336 g/mol. The number of hydrogen-bond donors (Lipinski definition) is 2. The van der Waals surface area contributed by atoms with E-state index in [4.69, 9.17) is 0 Å². The van der Waals surface area contributed by atoms with Gasteiger partial charge in [-0.15, -0.1) is 0 Å². The molecule has 0 aliphatic carbocycles. The summed E-state index contributed by atoms with van der Waals surface area (Å²) in [5, 5.41) is 2.77. The van der Waals surface area contributed by atoms with Crippen LogP contribution in [0.5, 0.6) is 0 Å². The molecule has 0 heterocycles. The lowest BCUT2D eigenvalue weighted by molar-refractivity contribution is -0.122. The zero-order chi connectivity index (χ0) is 18.3. The van der Waals surface area contributed by atoms with Gasteiger partial charge < -0.3 is 5.32 Å². The fourth-order valence-corrected chi connectivity index (χ4v) is 3.58. The van der Waals surface area contributed by atoms with Crippen molar-refractivity contribution in [1.82, 2.24) is 10.0 Å². The molecule has 0 bridgehead atoms. The summed E-state index contributed by atoms with van der Waals surface area (Å²) in [5.74, 6) is -0.318. The highest BCUT2D eigenvalue weighted by Crippen LogP contribution is 2.12. The van der Waals surface area contributed by atoms with Crippen molar-refractivity contribution in [3.8, 4) is 0 Å². The Morgan fingerprint density at radius 3 is 2.28 bits per heavy atom. The molecule has 0 unspecified atom stereocenters. The van der Waals surface area contributed by atoms with Gasteiger partial charge in [-0.1, -0.05) is 55.0 Å². The van der Waals surface area contributed by atoms with Gasteiger partial charge in [-0.25, -0.2) is 8.42 Å². The van der Waals surface area contributed by atoms with E-state index >= 15 is 0 Å². The number of aryl methyl sites for hydroxylation is 1. The van der Waals surface area contributed by atoms with Crippen molar-refractivity contribution in [2.24, 2.45) is 0 Å². The number of hydrogen-bond acceptors (Lipinski definition) is 3. The zero-order valence-corrected chi connectivity index (χ0v) is 15.3. The van der Waals surface area contributed by atoms with Crippen molar-refractivity contribution in [2.75, 3.05) is 6.54 Å². The van der Waals surface area contributed by atoms with E-state index in [1.54, 1.807) is 24.3 Å². The SMILES string of the molecule is CCCNC(=O)[C@@H](Cc1ccccc1)NS(=O)(=O)c1ccc(C)cc1. The van der Waals surface area contributed by atoms with Crippen LogP contribution in [0.4, 0.5) is 0 Å². The third-order valence-corrected chi connectivity index (χ3v) is 5.26. The third-order valence-electron chi connectivity index (χ3n) is 3.78. The fourth-order valence-electron chi connectivity index (χ4n) is 2.38. The van der Waals surface area contributed by atoms with Gasteiger partial charge in [0.15, 0.2) is 0 Å². The van der Waals surface area contributed by atoms with Crippen molar-refractivity contribution in [3.63, 3.8) is 0 Å². The van der Waals surface area contributed by atoms with Gasteiger partial charge in [0.1, 0.15) is 6.04 Å². The van der Waals surface area contributed by atoms with Crippen LogP contribution in [0.2, 0.25) is 0 Å². The van der Waals surface area contributed by atoms with Crippen molar-refractivity contribution in [2.45, 2.75) is 37.6 Å². The maximum absolute atomic E-state index is 12.6. The van der Waals surface area contributed by atoms with Crippen LogP contribution in [0.1, 0.15) is 24.5 Å². The number of sulfonamides is 1. The molecule has 25 heavy (non-hydrogen) atoms. The molecule has 134 valence electrons. The number of nitrogens with one attached hydrogen (secondary N) is 2. The molecule has 1 amide bonds. The topological polar surface area (TPSA) is 75.3 Å². The van der Waals surface area contributed by atoms with Crippen LogP contribution in [0.15, 0.2) is 59.5 Å². The molecule has 2 aromatic carbocycles. The monoisotopic (exact) mass is 360 g/mol. The van der Waals surface area contributed by atoms with Crippen LogP contribution in [-0.2, 0) is 21.2 Å². The molecule has 2 rings (SSSR count). The molecular formula is C19H24N2O3S. The summed E-state index contributed by atoms with van der Waals surface area (Å²) in [6.07, 6.45) is 1.08. The molecule has 0 aliphatic rings. The highest BCUT2D eigenvalue weighted by molar-refractivity contribution is 7.89. The fraction of sp³-hybridized carbons (Fsp3) is 0.316. The van der Waals surface area contributed by atoms with Gasteiger partial charge >= 0.3 is 0 Å². The molecule has 5 nitrogen and oxygen atoms in total. The Kier molecular flexibility index (Phi) is 6.73. The summed E-state index contributed by atoms with van der Waals surface area (Å²) in [6, 6.07) is 15.1. The molecule has 1 atom stereocenters. The van der Waals surface area contributed by atoms with E-state index in [1.165, 1.54) is 0 Å². The molecule has 0 saturated carbocycles. The molecule has 0 spiro atoms. The van der Waals surface area contributed by atoms with E-state index in [2.05, 4.69) is 10.0 Å². The van der Waals surface area contributed by atoms with Crippen LogP contribution in [-0.4, -0.2) is 26.9 Å². The maximum Gasteiger partial charge on any atom is 0.241 e. The summed E-state index contributed by atoms with van der Waals surface area (Å²) in [6.45, 7) is 4.35. The first-order valence-electron chi connectivity index (χ1n) is 8.33. The predicted molar refractivity (Wildman–Crippen MR) is 98.7 cm³/mol. The molecule has 0 radical (unpaired) electrons. The van der Waals surface area contributed by atoms with E-state index < -0.39 is 16.1 Å². The van der Waals surface area contributed by atoms with E-state index in [1.807, 2.05) is 44.2 Å². The normalized spacial score (nSPS) is 12.6. The number of amides is 1. The van der Waals surface area contributed by atoms with Crippen LogP contribution >= 0.6 is 0 Å². The highest BCUT2D eigenvalue weighted by atomic mass is 32.2. The van der Waals surface area contributed by atoms with Crippen LogP contribution in [0, 0.1) is 6.92 Å². The van der Waals surface area contributed by atoms with E-state index in [9.17, 15) is 13.2 Å². The summed E-state index contributed by atoms with van der Waals surface area (Å²) in [4.78, 5) is 12.6. The summed E-state index contributed by atoms with van der Waals surface area (Å²) in [7, 11) is -3.78. The number of carbonyl (C=O) groups is 1. The van der Waals surface area contributed by atoms with Gasteiger partial charge in [0.05, 0.1) is 4.90 Å². The smallest absolute Gasteiger partial charge is 0.241 e. The van der Waals surface area contributed by atoms with E-state index in [0.29, 0.717) is 13.0 Å². The van der Waals surface area contributed by atoms with Gasteiger partial charge in [-0.05, 0) is 37.5 Å². The third kappa shape index (κ3) is 5.69. The molecule has 0 aliphatic heterocycles. The highest BCUT2D eigenvalue weighted by Gasteiger charge is 2.25. The van der Waals surface area contributed by atoms with E-state index in [-0.39, 0.29) is 10.8 Å². The molecule has 0 saturated heterocycles. The lowest BCUT2D eigenvalue weighted by Gasteiger charge is -2.18. The largest absolute Gasteiger partial charge is 0.355 e.